The number of hydrogen-bond acceptors (Lipinski definition) is 3. The van der Waals surface area contributed by atoms with Crippen molar-refractivity contribution in [3.8, 4) is 11.3 Å². The molecule has 0 bridgehead atoms. The molecule has 3 N–H and O–H groups in total. The van der Waals surface area contributed by atoms with Gasteiger partial charge in [-0.1, -0.05) is 49.6 Å². The minimum Gasteiger partial charge on any atom is -0.311 e. The van der Waals surface area contributed by atoms with E-state index < -0.39 is 0 Å². The number of nitrogens with one attached hydrogen (secondary N) is 3. The number of benzene rings is 1. The number of rotatable bonds is 3. The van der Waals surface area contributed by atoms with Crippen LogP contribution in [-0.2, 0) is 4.79 Å². The van der Waals surface area contributed by atoms with E-state index in [9.17, 15) is 9.59 Å². The first kappa shape index (κ1) is 17.0. The number of anilines is 1. The summed E-state index contributed by atoms with van der Waals surface area (Å²) in [5.41, 5.74) is 3.26. The van der Waals surface area contributed by atoms with Gasteiger partial charge in [0.25, 0.3) is 5.56 Å². The van der Waals surface area contributed by atoms with Gasteiger partial charge in [0, 0.05) is 17.9 Å². The van der Waals surface area contributed by atoms with Crippen LogP contribution in [0.5, 0.6) is 0 Å². The fraction of sp³-hybridized carbons (Fsp3) is 0.381. The van der Waals surface area contributed by atoms with E-state index in [1.165, 1.54) is 6.42 Å². The molecule has 3 aromatic rings. The second kappa shape index (κ2) is 6.82. The summed E-state index contributed by atoms with van der Waals surface area (Å²) < 4.78 is 1.91. The monoisotopic (exact) mass is 377 g/mol. The van der Waals surface area contributed by atoms with Gasteiger partial charge in [0.05, 0.1) is 23.5 Å². The lowest BCUT2D eigenvalue weighted by Crippen LogP contribution is -2.27. The number of amides is 1. The lowest BCUT2D eigenvalue weighted by molar-refractivity contribution is -0.116. The van der Waals surface area contributed by atoms with E-state index in [-0.39, 0.29) is 29.8 Å². The van der Waals surface area contributed by atoms with Crippen LogP contribution >= 0.6 is 0 Å². The predicted octanol–water partition coefficient (Wildman–Crippen LogP) is 3.55. The third kappa shape index (κ3) is 2.78. The van der Waals surface area contributed by atoms with Gasteiger partial charge in [-0.05, 0) is 18.4 Å². The molecule has 144 valence electrons. The van der Waals surface area contributed by atoms with Crippen molar-refractivity contribution in [2.45, 2.75) is 50.5 Å². The summed E-state index contributed by atoms with van der Waals surface area (Å²) in [5, 5.41) is 13.2. The highest BCUT2D eigenvalue weighted by molar-refractivity contribution is 5.94. The molecule has 7 nitrogen and oxygen atoms in total. The van der Waals surface area contributed by atoms with Crippen LogP contribution in [0.25, 0.3) is 11.3 Å². The van der Waals surface area contributed by atoms with Gasteiger partial charge < -0.3 is 5.32 Å². The summed E-state index contributed by atoms with van der Waals surface area (Å²) in [7, 11) is 0. The van der Waals surface area contributed by atoms with E-state index in [0.717, 1.165) is 42.5 Å². The van der Waals surface area contributed by atoms with E-state index in [0.29, 0.717) is 11.4 Å². The van der Waals surface area contributed by atoms with E-state index in [1.54, 1.807) is 6.20 Å². The number of nitrogens with zero attached hydrogens (tertiary/aromatic N) is 2. The standard InChI is InChI=1S/C21H23N5O2/c27-17-11-15(16-12-22-24-19(16)13-7-3-1-4-8-13)18-20(23-17)26(25-21(18)28)14-9-5-2-6-10-14/h1,3-4,7-8,12,14-15H,2,5-6,9-11H2,(H,22,24)(H,23,27)(H,25,28). The Hall–Kier alpha value is -3.09. The number of aromatic amines is 2. The van der Waals surface area contributed by atoms with Crippen molar-refractivity contribution in [2.75, 3.05) is 5.32 Å². The summed E-state index contributed by atoms with van der Waals surface area (Å²) in [6.07, 6.45) is 7.57. The Morgan fingerprint density at radius 3 is 2.61 bits per heavy atom. The normalized spacial score (nSPS) is 20.0. The first-order chi connectivity index (χ1) is 13.7. The molecular weight excluding hydrogens is 354 g/mol. The average Bonchev–Trinajstić information content (AvgIpc) is 3.34. The summed E-state index contributed by atoms with van der Waals surface area (Å²) >= 11 is 0. The second-order valence-corrected chi connectivity index (χ2v) is 7.74. The quantitative estimate of drug-likeness (QED) is 0.651. The Labute approximate surface area is 162 Å². The maximum Gasteiger partial charge on any atom is 0.270 e. The highest BCUT2D eigenvalue weighted by Gasteiger charge is 2.36. The SMILES string of the molecule is O=C1CC(c2cn[nH]c2-c2ccccc2)c2c(n(C3CCCCC3)[nH]c2=O)N1. The molecule has 1 aliphatic heterocycles. The van der Waals surface area contributed by atoms with Gasteiger partial charge in [0.2, 0.25) is 5.91 Å². The van der Waals surface area contributed by atoms with E-state index in [1.807, 2.05) is 35.0 Å². The molecule has 0 radical (unpaired) electrons. The van der Waals surface area contributed by atoms with Crippen LogP contribution in [0.4, 0.5) is 5.82 Å². The number of carbonyl (C=O) groups is 1. The molecule has 1 aliphatic carbocycles. The van der Waals surface area contributed by atoms with Crippen molar-refractivity contribution in [2.24, 2.45) is 0 Å². The molecule has 3 heterocycles. The fourth-order valence-electron chi connectivity index (χ4n) is 4.66. The maximum atomic E-state index is 12.9. The zero-order valence-electron chi connectivity index (χ0n) is 15.6. The smallest absolute Gasteiger partial charge is 0.270 e. The first-order valence-corrected chi connectivity index (χ1v) is 9.95. The minimum absolute atomic E-state index is 0.0683. The van der Waals surface area contributed by atoms with Crippen molar-refractivity contribution in [3.05, 3.63) is 58.0 Å². The minimum atomic E-state index is -0.314. The zero-order chi connectivity index (χ0) is 19.1. The molecular formula is C21H23N5O2. The Morgan fingerprint density at radius 2 is 1.82 bits per heavy atom. The molecule has 1 unspecified atom stereocenters. The zero-order valence-corrected chi connectivity index (χ0v) is 15.6. The molecule has 1 aromatic carbocycles. The fourth-order valence-corrected chi connectivity index (χ4v) is 4.66. The third-order valence-electron chi connectivity index (χ3n) is 6.00. The maximum absolute atomic E-state index is 12.9. The van der Waals surface area contributed by atoms with Crippen molar-refractivity contribution in [1.29, 1.82) is 0 Å². The van der Waals surface area contributed by atoms with Crippen LogP contribution in [0.3, 0.4) is 0 Å². The average molecular weight is 377 g/mol. The Kier molecular flexibility index (Phi) is 4.15. The molecule has 1 atom stereocenters. The van der Waals surface area contributed by atoms with Crippen LogP contribution in [-0.4, -0.2) is 25.9 Å². The number of fused-ring (bicyclic) bond motifs is 1. The highest BCUT2D eigenvalue weighted by Crippen LogP contribution is 2.40. The molecule has 2 aromatic heterocycles. The lowest BCUT2D eigenvalue weighted by atomic mass is 9.86. The van der Waals surface area contributed by atoms with Crippen LogP contribution < -0.4 is 10.9 Å². The van der Waals surface area contributed by atoms with Crippen molar-refractivity contribution in [1.82, 2.24) is 20.0 Å². The van der Waals surface area contributed by atoms with Crippen LogP contribution in [0.15, 0.2) is 41.3 Å². The number of hydrogen-bond donors (Lipinski definition) is 3. The predicted molar refractivity (Wildman–Crippen MR) is 106 cm³/mol. The van der Waals surface area contributed by atoms with Crippen molar-refractivity contribution >= 4 is 11.7 Å². The van der Waals surface area contributed by atoms with Gasteiger partial charge in [-0.2, -0.15) is 5.10 Å². The summed E-state index contributed by atoms with van der Waals surface area (Å²) in [6, 6.07) is 10.1. The van der Waals surface area contributed by atoms with Crippen LogP contribution in [0.1, 0.15) is 61.6 Å². The molecule has 0 spiro atoms. The van der Waals surface area contributed by atoms with E-state index >= 15 is 0 Å². The first-order valence-electron chi connectivity index (χ1n) is 9.95. The Morgan fingerprint density at radius 1 is 1.04 bits per heavy atom. The Bertz CT molecular complexity index is 1060. The van der Waals surface area contributed by atoms with E-state index in [4.69, 9.17) is 0 Å². The topological polar surface area (TPSA) is 95.6 Å². The largest absolute Gasteiger partial charge is 0.311 e. The molecule has 1 saturated carbocycles. The summed E-state index contributed by atoms with van der Waals surface area (Å²) in [6.45, 7) is 0. The number of H-pyrrole nitrogens is 2. The van der Waals surface area contributed by atoms with Gasteiger partial charge in [-0.15, -0.1) is 0 Å². The molecule has 0 saturated heterocycles. The van der Waals surface area contributed by atoms with Crippen LogP contribution in [0.2, 0.25) is 0 Å². The van der Waals surface area contributed by atoms with Crippen LogP contribution in [0, 0.1) is 0 Å². The molecule has 1 amide bonds. The van der Waals surface area contributed by atoms with Gasteiger partial charge in [-0.25, -0.2) is 0 Å². The van der Waals surface area contributed by atoms with E-state index in [2.05, 4.69) is 20.6 Å². The molecule has 2 aliphatic rings. The third-order valence-corrected chi connectivity index (χ3v) is 6.00. The second-order valence-electron chi connectivity index (χ2n) is 7.74. The number of carbonyl (C=O) groups excluding carboxylic acids is 1. The van der Waals surface area contributed by atoms with Crippen molar-refractivity contribution in [3.63, 3.8) is 0 Å². The molecule has 1 fully saturated rings. The molecule has 7 heteroatoms. The lowest BCUT2D eigenvalue weighted by Gasteiger charge is -2.28. The van der Waals surface area contributed by atoms with Gasteiger partial charge in [0.15, 0.2) is 0 Å². The van der Waals surface area contributed by atoms with Gasteiger partial charge in [0.1, 0.15) is 5.82 Å². The molecule has 5 rings (SSSR count). The summed E-state index contributed by atoms with van der Waals surface area (Å²) in [4.78, 5) is 25.5. The summed E-state index contributed by atoms with van der Waals surface area (Å²) in [5.74, 6) is 0.255. The Balaban J connectivity index is 1.61. The highest BCUT2D eigenvalue weighted by atomic mass is 16.2. The van der Waals surface area contributed by atoms with Gasteiger partial charge >= 0.3 is 0 Å². The van der Waals surface area contributed by atoms with Crippen molar-refractivity contribution < 1.29 is 4.79 Å². The molecule has 28 heavy (non-hydrogen) atoms. The number of aromatic nitrogens is 4. The van der Waals surface area contributed by atoms with Gasteiger partial charge in [-0.3, -0.25) is 24.5 Å².